The molecule has 2 aromatic heterocycles. The van der Waals surface area contributed by atoms with Crippen LogP contribution >= 0.6 is 0 Å². The fourth-order valence-corrected chi connectivity index (χ4v) is 3.18. The van der Waals surface area contributed by atoms with Crippen molar-refractivity contribution in [2.45, 2.75) is 39.7 Å². The van der Waals surface area contributed by atoms with E-state index in [1.807, 2.05) is 21.8 Å². The van der Waals surface area contributed by atoms with Gasteiger partial charge in [0.25, 0.3) is 0 Å². The van der Waals surface area contributed by atoms with Gasteiger partial charge in [-0.1, -0.05) is 6.92 Å². The fourth-order valence-electron chi connectivity index (χ4n) is 3.18. The molecule has 3 heterocycles. The number of rotatable bonds is 5. The van der Waals surface area contributed by atoms with Crippen LogP contribution in [0.3, 0.4) is 0 Å². The number of hydrogen-bond donors (Lipinski definition) is 1. The van der Waals surface area contributed by atoms with Gasteiger partial charge < -0.3 is 10.6 Å². The molecule has 0 aromatic carbocycles. The molecule has 0 unspecified atom stereocenters. The Kier molecular flexibility index (Phi) is 4.78. The van der Waals surface area contributed by atoms with E-state index >= 15 is 0 Å². The van der Waals surface area contributed by atoms with Crippen LogP contribution in [0.2, 0.25) is 0 Å². The Hall–Kier alpha value is -2.44. The quantitative estimate of drug-likeness (QED) is 0.903. The van der Waals surface area contributed by atoms with Gasteiger partial charge in [0.15, 0.2) is 0 Å². The van der Waals surface area contributed by atoms with E-state index in [0.29, 0.717) is 12.5 Å². The second-order valence-electron chi connectivity index (χ2n) is 6.30. The number of carbonyl (C=O) groups is 1. The number of hydrogen-bond acceptors (Lipinski definition) is 5. The second-order valence-corrected chi connectivity index (χ2v) is 6.30. The molecule has 128 valence electrons. The Morgan fingerprint density at radius 1 is 1.46 bits per heavy atom. The molecule has 0 radical (unpaired) electrons. The summed E-state index contributed by atoms with van der Waals surface area (Å²) >= 11 is 0. The van der Waals surface area contributed by atoms with Gasteiger partial charge in [0.05, 0.1) is 17.8 Å². The number of amides is 1. The fraction of sp³-hybridized carbons (Fsp3) is 0.529. The first-order valence-corrected chi connectivity index (χ1v) is 8.50. The molecule has 1 aliphatic heterocycles. The molecule has 1 saturated heterocycles. The lowest BCUT2D eigenvalue weighted by molar-refractivity contribution is -0.122. The lowest BCUT2D eigenvalue weighted by Crippen LogP contribution is -2.41. The van der Waals surface area contributed by atoms with Crippen molar-refractivity contribution < 1.29 is 4.79 Å². The van der Waals surface area contributed by atoms with Crippen LogP contribution in [0.5, 0.6) is 0 Å². The molecule has 3 rings (SSSR count). The van der Waals surface area contributed by atoms with Crippen LogP contribution in [0.4, 0.5) is 5.95 Å². The first-order chi connectivity index (χ1) is 11.6. The van der Waals surface area contributed by atoms with Gasteiger partial charge >= 0.3 is 0 Å². The summed E-state index contributed by atoms with van der Waals surface area (Å²) in [4.78, 5) is 22.6. The molecule has 24 heavy (non-hydrogen) atoms. The predicted molar refractivity (Wildman–Crippen MR) is 92.4 cm³/mol. The van der Waals surface area contributed by atoms with Crippen molar-refractivity contribution in [2.24, 2.45) is 11.7 Å². The Morgan fingerprint density at radius 3 is 3.04 bits per heavy atom. The number of nitrogens with two attached hydrogens (primary N) is 1. The minimum atomic E-state index is -0.243. The van der Waals surface area contributed by atoms with E-state index in [0.717, 1.165) is 49.3 Å². The van der Waals surface area contributed by atoms with E-state index < -0.39 is 0 Å². The van der Waals surface area contributed by atoms with Crippen molar-refractivity contribution in [3.8, 4) is 11.3 Å². The second kappa shape index (κ2) is 6.98. The summed E-state index contributed by atoms with van der Waals surface area (Å²) < 4.78 is 2.00. The third-order valence-electron chi connectivity index (χ3n) is 4.56. The van der Waals surface area contributed by atoms with Crippen molar-refractivity contribution >= 4 is 11.9 Å². The van der Waals surface area contributed by atoms with Gasteiger partial charge in [0.1, 0.15) is 0 Å². The van der Waals surface area contributed by atoms with Crippen LogP contribution < -0.4 is 10.6 Å². The van der Waals surface area contributed by atoms with Crippen LogP contribution in [-0.2, 0) is 11.3 Å². The SMILES string of the molecule is CCCn1ncc(-c2ccnc(N3CCC[C@@H](C(N)=O)C3)n2)c1C. The first-order valence-electron chi connectivity index (χ1n) is 8.50. The topological polar surface area (TPSA) is 89.9 Å². The summed E-state index contributed by atoms with van der Waals surface area (Å²) in [5.74, 6) is 0.286. The highest BCUT2D eigenvalue weighted by Gasteiger charge is 2.25. The van der Waals surface area contributed by atoms with E-state index in [-0.39, 0.29) is 11.8 Å². The summed E-state index contributed by atoms with van der Waals surface area (Å²) in [5.41, 5.74) is 8.45. The number of anilines is 1. The van der Waals surface area contributed by atoms with Crippen molar-refractivity contribution in [2.75, 3.05) is 18.0 Å². The third kappa shape index (κ3) is 3.25. The van der Waals surface area contributed by atoms with Crippen molar-refractivity contribution in [3.05, 3.63) is 24.2 Å². The first kappa shape index (κ1) is 16.4. The monoisotopic (exact) mass is 328 g/mol. The van der Waals surface area contributed by atoms with E-state index in [4.69, 9.17) is 10.7 Å². The van der Waals surface area contributed by atoms with Gasteiger partial charge in [-0.15, -0.1) is 0 Å². The number of aryl methyl sites for hydroxylation is 1. The van der Waals surface area contributed by atoms with Crippen LogP contribution in [0.25, 0.3) is 11.3 Å². The Bertz CT molecular complexity index is 726. The van der Waals surface area contributed by atoms with E-state index in [1.165, 1.54) is 0 Å². The summed E-state index contributed by atoms with van der Waals surface area (Å²) in [6, 6.07) is 1.90. The minimum Gasteiger partial charge on any atom is -0.369 e. The molecule has 1 atom stereocenters. The van der Waals surface area contributed by atoms with Gasteiger partial charge in [-0.3, -0.25) is 9.48 Å². The normalized spacial score (nSPS) is 17.9. The maximum atomic E-state index is 11.5. The summed E-state index contributed by atoms with van der Waals surface area (Å²) in [5, 5.41) is 4.44. The molecule has 0 saturated carbocycles. The van der Waals surface area contributed by atoms with Gasteiger partial charge in [-0.2, -0.15) is 5.10 Å². The highest BCUT2D eigenvalue weighted by Crippen LogP contribution is 2.25. The zero-order valence-corrected chi connectivity index (χ0v) is 14.3. The highest BCUT2D eigenvalue weighted by molar-refractivity contribution is 5.77. The zero-order chi connectivity index (χ0) is 17.1. The van der Waals surface area contributed by atoms with Crippen molar-refractivity contribution in [1.29, 1.82) is 0 Å². The predicted octanol–water partition coefficient (Wildman–Crippen LogP) is 1.76. The average Bonchev–Trinajstić information content (AvgIpc) is 2.96. The standard InChI is InChI=1S/C17H24N6O/c1-3-8-23-12(2)14(10-20-23)15-6-7-19-17(21-15)22-9-4-5-13(11-22)16(18)24/h6-7,10,13H,3-5,8-9,11H2,1-2H3,(H2,18,24)/t13-/m1/s1. The van der Waals surface area contributed by atoms with Crippen molar-refractivity contribution in [3.63, 3.8) is 0 Å². The van der Waals surface area contributed by atoms with Gasteiger partial charge in [0, 0.05) is 37.1 Å². The third-order valence-corrected chi connectivity index (χ3v) is 4.56. The smallest absolute Gasteiger partial charge is 0.225 e. The largest absolute Gasteiger partial charge is 0.369 e. The number of primary amides is 1. The molecule has 7 heteroatoms. The molecule has 1 fully saturated rings. The molecule has 2 N–H and O–H groups in total. The van der Waals surface area contributed by atoms with Crippen LogP contribution in [0, 0.1) is 12.8 Å². The van der Waals surface area contributed by atoms with E-state index in [9.17, 15) is 4.79 Å². The van der Waals surface area contributed by atoms with Crippen LogP contribution in [0.1, 0.15) is 31.9 Å². The van der Waals surface area contributed by atoms with Gasteiger partial charge in [-0.05, 0) is 32.3 Å². The molecular weight excluding hydrogens is 304 g/mol. The maximum Gasteiger partial charge on any atom is 0.225 e. The van der Waals surface area contributed by atoms with Crippen LogP contribution in [-0.4, -0.2) is 38.7 Å². The maximum absolute atomic E-state index is 11.5. The highest BCUT2D eigenvalue weighted by atomic mass is 16.1. The average molecular weight is 328 g/mol. The number of aromatic nitrogens is 4. The van der Waals surface area contributed by atoms with E-state index in [2.05, 4.69) is 23.9 Å². The number of carbonyl (C=O) groups excluding carboxylic acids is 1. The molecule has 7 nitrogen and oxygen atoms in total. The van der Waals surface area contributed by atoms with Gasteiger partial charge in [-0.25, -0.2) is 9.97 Å². The molecule has 0 spiro atoms. The summed E-state index contributed by atoms with van der Waals surface area (Å²) in [7, 11) is 0. The Morgan fingerprint density at radius 2 is 2.29 bits per heavy atom. The number of piperidine rings is 1. The number of nitrogens with zero attached hydrogens (tertiary/aromatic N) is 5. The summed E-state index contributed by atoms with van der Waals surface area (Å²) in [6.45, 7) is 6.53. The molecule has 0 aliphatic carbocycles. The van der Waals surface area contributed by atoms with Crippen LogP contribution in [0.15, 0.2) is 18.5 Å². The Balaban J connectivity index is 1.85. The minimum absolute atomic E-state index is 0.125. The molecule has 1 aliphatic rings. The lowest BCUT2D eigenvalue weighted by Gasteiger charge is -2.31. The molecular formula is C17H24N6O. The molecule has 0 bridgehead atoms. The van der Waals surface area contributed by atoms with E-state index in [1.54, 1.807) is 6.20 Å². The molecule has 2 aromatic rings. The Labute approximate surface area is 141 Å². The van der Waals surface area contributed by atoms with Gasteiger partial charge in [0.2, 0.25) is 11.9 Å². The summed E-state index contributed by atoms with van der Waals surface area (Å²) in [6.07, 6.45) is 6.43. The van der Waals surface area contributed by atoms with Crippen molar-refractivity contribution in [1.82, 2.24) is 19.7 Å². The zero-order valence-electron chi connectivity index (χ0n) is 14.3. The lowest BCUT2D eigenvalue weighted by atomic mass is 9.98. The molecule has 1 amide bonds.